The van der Waals surface area contributed by atoms with Crippen molar-refractivity contribution in [3.8, 4) is 11.5 Å². The number of hydrogen-bond donors (Lipinski definition) is 1. The SMILES string of the molecule is OC(c1cc(Br)cc2c1OCC2)C1COc2ccccc21. The zero-order valence-corrected chi connectivity index (χ0v) is 13.0. The van der Waals surface area contributed by atoms with Crippen molar-refractivity contribution in [2.24, 2.45) is 0 Å². The van der Waals surface area contributed by atoms with Gasteiger partial charge in [-0.25, -0.2) is 0 Å². The fourth-order valence-electron chi connectivity index (χ4n) is 3.18. The van der Waals surface area contributed by atoms with Crippen LogP contribution in [0.1, 0.15) is 28.7 Å². The Hall–Kier alpha value is -1.52. The molecule has 2 heterocycles. The zero-order chi connectivity index (χ0) is 14.4. The Morgan fingerprint density at radius 2 is 2.05 bits per heavy atom. The number of aliphatic hydroxyl groups excluding tert-OH is 1. The van der Waals surface area contributed by atoms with E-state index in [1.54, 1.807) is 0 Å². The lowest BCUT2D eigenvalue weighted by Crippen LogP contribution is -2.13. The predicted molar refractivity (Wildman–Crippen MR) is 83.0 cm³/mol. The van der Waals surface area contributed by atoms with Gasteiger partial charge in [0, 0.05) is 22.0 Å². The van der Waals surface area contributed by atoms with Gasteiger partial charge in [-0.05, 0) is 23.8 Å². The molecule has 0 amide bonds. The second-order valence-electron chi connectivity index (χ2n) is 5.48. The summed E-state index contributed by atoms with van der Waals surface area (Å²) in [5.41, 5.74) is 3.07. The van der Waals surface area contributed by atoms with Gasteiger partial charge in [-0.1, -0.05) is 34.1 Å². The molecule has 1 N–H and O–H groups in total. The van der Waals surface area contributed by atoms with E-state index in [2.05, 4.69) is 22.0 Å². The summed E-state index contributed by atoms with van der Waals surface area (Å²) in [6.07, 6.45) is 0.268. The number of fused-ring (bicyclic) bond motifs is 2. The monoisotopic (exact) mass is 346 g/mol. The third kappa shape index (κ3) is 2.14. The highest BCUT2D eigenvalue weighted by atomic mass is 79.9. The molecule has 3 nitrogen and oxygen atoms in total. The number of halogens is 1. The molecule has 21 heavy (non-hydrogen) atoms. The van der Waals surface area contributed by atoms with Gasteiger partial charge in [0.1, 0.15) is 11.5 Å². The van der Waals surface area contributed by atoms with Crippen LogP contribution in [0.5, 0.6) is 11.5 Å². The van der Waals surface area contributed by atoms with Crippen molar-refractivity contribution in [3.63, 3.8) is 0 Å². The van der Waals surface area contributed by atoms with Crippen molar-refractivity contribution in [3.05, 3.63) is 57.6 Å². The van der Waals surface area contributed by atoms with Crippen molar-refractivity contribution in [2.75, 3.05) is 13.2 Å². The van der Waals surface area contributed by atoms with Crippen LogP contribution in [0.3, 0.4) is 0 Å². The summed E-state index contributed by atoms with van der Waals surface area (Å²) < 4.78 is 12.4. The largest absolute Gasteiger partial charge is 0.493 e. The zero-order valence-electron chi connectivity index (χ0n) is 11.4. The molecule has 2 aliphatic rings. The van der Waals surface area contributed by atoms with E-state index < -0.39 is 6.10 Å². The van der Waals surface area contributed by atoms with E-state index in [1.165, 1.54) is 0 Å². The lowest BCUT2D eigenvalue weighted by Gasteiger charge is -2.20. The summed E-state index contributed by atoms with van der Waals surface area (Å²) in [6, 6.07) is 11.9. The Labute approximate surface area is 131 Å². The minimum Gasteiger partial charge on any atom is -0.493 e. The van der Waals surface area contributed by atoms with Crippen LogP contribution in [-0.4, -0.2) is 18.3 Å². The van der Waals surface area contributed by atoms with E-state index >= 15 is 0 Å². The topological polar surface area (TPSA) is 38.7 Å². The van der Waals surface area contributed by atoms with Crippen LogP contribution in [0.4, 0.5) is 0 Å². The van der Waals surface area contributed by atoms with Crippen LogP contribution in [0.2, 0.25) is 0 Å². The van der Waals surface area contributed by atoms with E-state index in [9.17, 15) is 5.11 Å². The van der Waals surface area contributed by atoms with Crippen molar-refractivity contribution < 1.29 is 14.6 Å². The predicted octanol–water partition coefficient (Wildman–Crippen LogP) is 3.59. The molecule has 2 atom stereocenters. The maximum Gasteiger partial charge on any atom is 0.128 e. The van der Waals surface area contributed by atoms with Crippen molar-refractivity contribution >= 4 is 15.9 Å². The number of ether oxygens (including phenoxy) is 2. The first kappa shape index (κ1) is 13.2. The second-order valence-corrected chi connectivity index (χ2v) is 6.40. The smallest absolute Gasteiger partial charge is 0.128 e. The molecule has 0 bridgehead atoms. The first-order valence-corrected chi connectivity index (χ1v) is 7.88. The van der Waals surface area contributed by atoms with Gasteiger partial charge >= 0.3 is 0 Å². The average Bonchev–Trinajstić information content (AvgIpc) is 3.11. The third-order valence-corrected chi connectivity index (χ3v) is 4.67. The molecule has 4 heteroatoms. The quantitative estimate of drug-likeness (QED) is 0.902. The molecule has 108 valence electrons. The molecular formula is C17H15BrO3. The molecule has 2 aromatic carbocycles. The summed E-state index contributed by atoms with van der Waals surface area (Å²) in [7, 11) is 0. The Bertz CT molecular complexity index is 698. The number of benzene rings is 2. The van der Waals surface area contributed by atoms with E-state index in [4.69, 9.17) is 9.47 Å². The average molecular weight is 347 g/mol. The minimum atomic E-state index is -0.627. The number of para-hydroxylation sites is 1. The fourth-order valence-corrected chi connectivity index (χ4v) is 3.71. The summed E-state index contributed by atoms with van der Waals surface area (Å²) in [5, 5.41) is 10.9. The molecule has 0 aromatic heterocycles. The van der Waals surface area contributed by atoms with Crippen LogP contribution in [-0.2, 0) is 6.42 Å². The van der Waals surface area contributed by atoms with Crippen LogP contribution in [0, 0.1) is 0 Å². The maximum atomic E-state index is 10.9. The third-order valence-electron chi connectivity index (χ3n) is 4.21. The van der Waals surface area contributed by atoms with Crippen LogP contribution in [0.25, 0.3) is 0 Å². The van der Waals surface area contributed by atoms with Crippen LogP contribution >= 0.6 is 15.9 Å². The normalized spacial score (nSPS) is 20.4. The lowest BCUT2D eigenvalue weighted by atomic mass is 9.89. The van der Waals surface area contributed by atoms with Crippen LogP contribution in [0.15, 0.2) is 40.9 Å². The molecule has 2 aromatic rings. The highest BCUT2D eigenvalue weighted by molar-refractivity contribution is 9.10. The Kier molecular flexibility index (Phi) is 3.16. The van der Waals surface area contributed by atoms with E-state index in [0.717, 1.165) is 39.1 Å². The summed E-state index contributed by atoms with van der Waals surface area (Å²) in [5.74, 6) is 1.66. The van der Waals surface area contributed by atoms with Crippen LogP contribution < -0.4 is 9.47 Å². The Morgan fingerprint density at radius 3 is 2.95 bits per heavy atom. The second kappa shape index (κ2) is 5.04. The van der Waals surface area contributed by atoms with Crippen molar-refractivity contribution in [2.45, 2.75) is 18.4 Å². The van der Waals surface area contributed by atoms with Gasteiger partial charge in [0.05, 0.1) is 25.2 Å². The molecule has 0 spiro atoms. The standard InChI is InChI=1S/C17H15BrO3/c18-11-7-10-5-6-20-17(10)13(8-11)16(19)14-9-21-15-4-2-1-3-12(14)15/h1-4,7-8,14,16,19H,5-6,9H2. The molecular weight excluding hydrogens is 332 g/mol. The minimum absolute atomic E-state index is 0.0520. The molecule has 0 fully saturated rings. The Balaban J connectivity index is 1.75. The summed E-state index contributed by atoms with van der Waals surface area (Å²) in [6.45, 7) is 1.19. The first-order valence-electron chi connectivity index (χ1n) is 7.09. The van der Waals surface area contributed by atoms with Crippen molar-refractivity contribution in [1.29, 1.82) is 0 Å². The highest BCUT2D eigenvalue weighted by Gasteiger charge is 2.34. The molecule has 2 aliphatic heterocycles. The van der Waals surface area contributed by atoms with Gasteiger partial charge in [0.15, 0.2) is 0 Å². The number of rotatable bonds is 2. The molecule has 0 aliphatic carbocycles. The lowest BCUT2D eigenvalue weighted by molar-refractivity contribution is 0.127. The van der Waals surface area contributed by atoms with Crippen molar-refractivity contribution in [1.82, 2.24) is 0 Å². The van der Waals surface area contributed by atoms with Gasteiger partial charge in [0.2, 0.25) is 0 Å². The molecule has 4 rings (SSSR count). The van der Waals surface area contributed by atoms with E-state index in [0.29, 0.717) is 13.2 Å². The Morgan fingerprint density at radius 1 is 1.19 bits per heavy atom. The number of hydrogen-bond acceptors (Lipinski definition) is 3. The summed E-state index contributed by atoms with van der Waals surface area (Å²) >= 11 is 3.53. The maximum absolute atomic E-state index is 10.9. The molecule has 0 saturated carbocycles. The van der Waals surface area contributed by atoms with Gasteiger partial charge in [-0.15, -0.1) is 0 Å². The van der Waals surface area contributed by atoms with Gasteiger partial charge < -0.3 is 14.6 Å². The number of aliphatic hydroxyl groups is 1. The summed E-state index contributed by atoms with van der Waals surface area (Å²) in [4.78, 5) is 0. The molecule has 0 radical (unpaired) electrons. The fraction of sp³-hybridized carbons (Fsp3) is 0.294. The molecule has 2 unspecified atom stereocenters. The van der Waals surface area contributed by atoms with E-state index in [-0.39, 0.29) is 5.92 Å². The van der Waals surface area contributed by atoms with Gasteiger partial charge in [-0.2, -0.15) is 0 Å². The highest BCUT2D eigenvalue weighted by Crippen LogP contribution is 2.45. The first-order chi connectivity index (χ1) is 10.2. The van der Waals surface area contributed by atoms with E-state index in [1.807, 2.05) is 30.3 Å². The molecule has 0 saturated heterocycles. The van der Waals surface area contributed by atoms with Gasteiger partial charge in [-0.3, -0.25) is 0 Å². The van der Waals surface area contributed by atoms with Gasteiger partial charge in [0.25, 0.3) is 0 Å².